The highest BCUT2D eigenvalue weighted by atomic mass is 16.5. The van der Waals surface area contributed by atoms with Crippen LogP contribution in [0.5, 0.6) is 0 Å². The van der Waals surface area contributed by atoms with Crippen LogP contribution in [-0.2, 0) is 9.53 Å². The van der Waals surface area contributed by atoms with Gasteiger partial charge in [-0.1, -0.05) is 6.07 Å². The van der Waals surface area contributed by atoms with Crippen molar-refractivity contribution in [2.24, 2.45) is 17.8 Å². The highest BCUT2D eigenvalue weighted by Gasteiger charge is 2.51. The fourth-order valence-corrected chi connectivity index (χ4v) is 6.57. The van der Waals surface area contributed by atoms with Crippen molar-refractivity contribution in [2.45, 2.75) is 57.4 Å². The molecule has 3 amide bonds. The molecule has 3 N–H and O–H groups in total. The number of esters is 1. The number of rotatable bonds is 8. The number of urea groups is 1. The lowest BCUT2D eigenvalue weighted by atomic mass is 9.53. The Morgan fingerprint density at radius 1 is 1.09 bits per heavy atom. The van der Waals surface area contributed by atoms with Crippen molar-refractivity contribution < 1.29 is 19.1 Å². The van der Waals surface area contributed by atoms with E-state index in [0.717, 1.165) is 37.0 Å². The quantitative estimate of drug-likeness (QED) is 0.500. The Kier molecular flexibility index (Phi) is 6.49. The standard InChI is InChI=1S/C26H33N5O4/c1-2-35-24(33)22-7-9-31(30-22)21-5-3-4-20(13-21)28-23(32)6-8-27-25(34)29-26-14-17-10-18(15-26)12-19(11-17)16-26/h3-5,7,9,13,17-19H,2,6,8,10-12,14-16H2,1H3,(H,28,32)(H2,27,29,34). The molecule has 0 spiro atoms. The molecule has 9 nitrogen and oxygen atoms in total. The first kappa shape index (κ1) is 23.4. The minimum absolute atomic E-state index is 0.0405. The van der Waals surface area contributed by atoms with Crippen LogP contribution in [0.3, 0.4) is 0 Å². The maximum atomic E-state index is 12.6. The molecule has 4 aliphatic rings. The Balaban J connectivity index is 1.09. The Hall–Kier alpha value is -3.36. The van der Waals surface area contributed by atoms with Crippen LogP contribution < -0.4 is 16.0 Å². The van der Waals surface area contributed by atoms with Crippen LogP contribution in [0.25, 0.3) is 5.69 Å². The number of nitrogens with one attached hydrogen (secondary N) is 3. The molecule has 0 atom stereocenters. The van der Waals surface area contributed by atoms with E-state index in [1.165, 1.54) is 19.3 Å². The highest BCUT2D eigenvalue weighted by molar-refractivity contribution is 5.91. The maximum Gasteiger partial charge on any atom is 0.358 e. The van der Waals surface area contributed by atoms with Gasteiger partial charge in [-0.3, -0.25) is 4.79 Å². The van der Waals surface area contributed by atoms with Gasteiger partial charge >= 0.3 is 12.0 Å². The summed E-state index contributed by atoms with van der Waals surface area (Å²) in [6.45, 7) is 2.30. The van der Waals surface area contributed by atoms with E-state index < -0.39 is 5.97 Å². The molecule has 1 aromatic heterocycles. The van der Waals surface area contributed by atoms with E-state index in [1.807, 2.05) is 6.07 Å². The molecule has 35 heavy (non-hydrogen) atoms. The zero-order valence-electron chi connectivity index (χ0n) is 20.1. The third kappa shape index (κ3) is 5.33. The number of carbonyl (C=O) groups is 3. The second kappa shape index (κ2) is 9.71. The molecule has 1 aromatic carbocycles. The number of amides is 3. The van der Waals surface area contributed by atoms with Gasteiger partial charge in [0.2, 0.25) is 5.91 Å². The second-order valence-corrected chi connectivity index (χ2v) is 10.3. The number of hydrogen-bond acceptors (Lipinski definition) is 5. The monoisotopic (exact) mass is 479 g/mol. The van der Waals surface area contributed by atoms with Crippen LogP contribution in [0.2, 0.25) is 0 Å². The molecule has 6 rings (SSSR count). The van der Waals surface area contributed by atoms with Gasteiger partial charge in [-0.2, -0.15) is 5.10 Å². The molecule has 4 saturated carbocycles. The molecule has 0 radical (unpaired) electrons. The topological polar surface area (TPSA) is 114 Å². The van der Waals surface area contributed by atoms with E-state index in [0.29, 0.717) is 11.4 Å². The van der Waals surface area contributed by atoms with Gasteiger partial charge in [-0.15, -0.1) is 0 Å². The SMILES string of the molecule is CCOC(=O)c1ccn(-c2cccc(NC(=O)CCNC(=O)NC34CC5CC(CC(C5)C3)C4)c2)n1. The largest absolute Gasteiger partial charge is 0.461 e. The number of benzene rings is 1. The van der Waals surface area contributed by atoms with Crippen molar-refractivity contribution in [1.29, 1.82) is 0 Å². The van der Waals surface area contributed by atoms with Crippen LogP contribution in [0, 0.1) is 17.8 Å². The van der Waals surface area contributed by atoms with Crippen molar-refractivity contribution in [1.82, 2.24) is 20.4 Å². The van der Waals surface area contributed by atoms with Crippen molar-refractivity contribution in [3.8, 4) is 5.69 Å². The molecule has 9 heteroatoms. The summed E-state index contributed by atoms with van der Waals surface area (Å²) >= 11 is 0. The number of ether oxygens (including phenoxy) is 1. The molecule has 2 aromatic rings. The molecular weight excluding hydrogens is 446 g/mol. The molecule has 186 valence electrons. The third-order valence-electron chi connectivity index (χ3n) is 7.52. The first-order valence-electron chi connectivity index (χ1n) is 12.6. The second-order valence-electron chi connectivity index (χ2n) is 10.3. The lowest BCUT2D eigenvalue weighted by molar-refractivity contribution is -0.116. The Morgan fingerprint density at radius 2 is 1.80 bits per heavy atom. The van der Waals surface area contributed by atoms with Gasteiger partial charge in [0.15, 0.2) is 5.69 Å². The van der Waals surface area contributed by atoms with Crippen LogP contribution in [0.15, 0.2) is 36.5 Å². The van der Waals surface area contributed by atoms with Gasteiger partial charge in [0, 0.05) is 30.4 Å². The number of nitrogens with zero attached hydrogens (tertiary/aromatic N) is 2. The summed E-state index contributed by atoms with van der Waals surface area (Å²) in [7, 11) is 0. The van der Waals surface area contributed by atoms with E-state index in [1.54, 1.807) is 42.1 Å². The summed E-state index contributed by atoms with van der Waals surface area (Å²) in [6.07, 6.45) is 9.12. The predicted molar refractivity (Wildman–Crippen MR) is 130 cm³/mol. The highest BCUT2D eigenvalue weighted by Crippen LogP contribution is 2.55. The normalized spacial score (nSPS) is 26.3. The van der Waals surface area contributed by atoms with Crippen molar-refractivity contribution in [2.75, 3.05) is 18.5 Å². The van der Waals surface area contributed by atoms with Crippen molar-refractivity contribution in [3.63, 3.8) is 0 Å². The van der Waals surface area contributed by atoms with E-state index in [9.17, 15) is 14.4 Å². The van der Waals surface area contributed by atoms with Gasteiger partial charge in [0.1, 0.15) is 0 Å². The summed E-state index contributed by atoms with van der Waals surface area (Å²) in [5.41, 5.74) is 1.49. The number of anilines is 1. The lowest BCUT2D eigenvalue weighted by Crippen LogP contribution is -2.61. The van der Waals surface area contributed by atoms with Gasteiger partial charge < -0.3 is 20.7 Å². The fraction of sp³-hybridized carbons (Fsp3) is 0.538. The molecule has 4 bridgehead atoms. The number of carbonyl (C=O) groups excluding carboxylic acids is 3. The molecular formula is C26H33N5O4. The van der Waals surface area contributed by atoms with Crippen LogP contribution in [0.1, 0.15) is 62.4 Å². The first-order chi connectivity index (χ1) is 16.9. The average molecular weight is 480 g/mol. The van der Waals surface area contributed by atoms with Crippen molar-refractivity contribution in [3.05, 3.63) is 42.2 Å². The predicted octanol–water partition coefficient (Wildman–Crippen LogP) is 3.65. The van der Waals surface area contributed by atoms with Gasteiger partial charge in [-0.05, 0) is 87.5 Å². The fourth-order valence-electron chi connectivity index (χ4n) is 6.57. The number of hydrogen-bond donors (Lipinski definition) is 3. The zero-order chi connectivity index (χ0) is 24.4. The van der Waals surface area contributed by atoms with Gasteiger partial charge in [0.25, 0.3) is 0 Å². The summed E-state index contributed by atoms with van der Waals surface area (Å²) in [5.74, 6) is 1.63. The van der Waals surface area contributed by atoms with Crippen LogP contribution in [-0.4, -0.2) is 46.4 Å². The average Bonchev–Trinajstić information content (AvgIpc) is 3.29. The number of aromatic nitrogens is 2. The summed E-state index contributed by atoms with van der Waals surface area (Å²) in [5, 5.41) is 13.2. The summed E-state index contributed by atoms with van der Waals surface area (Å²) in [4.78, 5) is 36.9. The first-order valence-corrected chi connectivity index (χ1v) is 12.6. The zero-order valence-corrected chi connectivity index (χ0v) is 20.1. The molecule has 0 unspecified atom stereocenters. The molecule has 4 aliphatic carbocycles. The lowest BCUT2D eigenvalue weighted by Gasteiger charge is -2.56. The minimum Gasteiger partial charge on any atom is -0.461 e. The van der Waals surface area contributed by atoms with Crippen molar-refractivity contribution >= 4 is 23.6 Å². The maximum absolute atomic E-state index is 12.6. The minimum atomic E-state index is -0.476. The Bertz CT molecular complexity index is 1080. The summed E-state index contributed by atoms with van der Waals surface area (Å²) < 4.78 is 6.52. The molecule has 0 aliphatic heterocycles. The van der Waals surface area contributed by atoms with Gasteiger partial charge in [0.05, 0.1) is 12.3 Å². The molecule has 1 heterocycles. The molecule has 4 fully saturated rings. The van der Waals surface area contributed by atoms with Gasteiger partial charge in [-0.25, -0.2) is 14.3 Å². The third-order valence-corrected chi connectivity index (χ3v) is 7.52. The van der Waals surface area contributed by atoms with E-state index in [-0.39, 0.29) is 42.7 Å². The molecule has 0 saturated heterocycles. The Morgan fingerprint density at radius 3 is 2.49 bits per heavy atom. The smallest absolute Gasteiger partial charge is 0.358 e. The van der Waals surface area contributed by atoms with Crippen LogP contribution in [0.4, 0.5) is 10.5 Å². The van der Waals surface area contributed by atoms with E-state index in [4.69, 9.17) is 4.74 Å². The Labute approximate surface area is 205 Å². The van der Waals surface area contributed by atoms with E-state index >= 15 is 0 Å². The van der Waals surface area contributed by atoms with Crippen LogP contribution >= 0.6 is 0 Å². The summed E-state index contributed by atoms with van der Waals surface area (Å²) in [6, 6.07) is 8.60. The van der Waals surface area contributed by atoms with E-state index in [2.05, 4.69) is 21.0 Å².